The summed E-state index contributed by atoms with van der Waals surface area (Å²) in [6.45, 7) is 3.25. The minimum absolute atomic E-state index is 0.157. The molecular weight excluding hydrogens is 414 g/mol. The Labute approximate surface area is 175 Å². The van der Waals surface area contributed by atoms with Crippen LogP contribution in [0.1, 0.15) is 30.5 Å². The number of nitrogens with zero attached hydrogens (tertiary/aromatic N) is 1. The number of hydrogen-bond donors (Lipinski definition) is 0. The van der Waals surface area contributed by atoms with Crippen molar-refractivity contribution in [3.8, 4) is 0 Å². The lowest BCUT2D eigenvalue weighted by Gasteiger charge is -2.27. The van der Waals surface area contributed by atoms with Gasteiger partial charge in [-0.15, -0.1) is 0 Å². The summed E-state index contributed by atoms with van der Waals surface area (Å²) in [5.41, 5.74) is 3.09. The second-order valence-corrected chi connectivity index (χ2v) is 8.37. The normalized spacial score (nSPS) is 21.8. The Morgan fingerprint density at radius 2 is 1.61 bits per heavy atom. The number of anilines is 1. The number of para-hydroxylation sites is 1. The first kappa shape index (κ1) is 19.2. The third-order valence-corrected chi connectivity index (χ3v) is 5.54. The van der Waals surface area contributed by atoms with Gasteiger partial charge in [-0.25, -0.2) is 5.06 Å². The molecule has 0 aliphatic carbocycles. The lowest BCUT2D eigenvalue weighted by Crippen LogP contribution is -2.32. The van der Waals surface area contributed by atoms with E-state index < -0.39 is 0 Å². The standard InChI is InChI=1S/C24H24BrNO2/c1-24(18-27-17-19-12-14-21(25)15-13-19)16-23(20-8-4-2-5-9-20)26(28-24)22-10-6-3-7-11-22/h2-15,23H,16-18H2,1H3/t23-,24-/m1/s1. The van der Waals surface area contributed by atoms with Gasteiger partial charge in [-0.05, 0) is 42.3 Å². The summed E-state index contributed by atoms with van der Waals surface area (Å²) in [7, 11) is 0. The maximum atomic E-state index is 6.46. The zero-order chi connectivity index (χ0) is 19.4. The van der Waals surface area contributed by atoms with Gasteiger partial charge in [0.25, 0.3) is 0 Å². The summed E-state index contributed by atoms with van der Waals surface area (Å²) in [5, 5.41) is 2.04. The molecule has 0 saturated carbocycles. The van der Waals surface area contributed by atoms with Crippen LogP contribution in [0.15, 0.2) is 89.4 Å². The second kappa shape index (κ2) is 8.48. The van der Waals surface area contributed by atoms with Crippen molar-refractivity contribution in [1.29, 1.82) is 0 Å². The molecule has 1 saturated heterocycles. The fourth-order valence-electron chi connectivity index (χ4n) is 3.62. The zero-order valence-corrected chi connectivity index (χ0v) is 17.5. The highest BCUT2D eigenvalue weighted by Gasteiger charge is 2.43. The van der Waals surface area contributed by atoms with Crippen LogP contribution in [0.4, 0.5) is 5.69 Å². The molecule has 4 rings (SSSR count). The first-order valence-corrected chi connectivity index (χ1v) is 10.3. The van der Waals surface area contributed by atoms with Gasteiger partial charge in [0, 0.05) is 10.9 Å². The predicted octanol–water partition coefficient (Wildman–Crippen LogP) is 6.31. The molecule has 1 aliphatic rings. The molecule has 144 valence electrons. The van der Waals surface area contributed by atoms with Crippen molar-refractivity contribution >= 4 is 21.6 Å². The molecule has 1 fully saturated rings. The van der Waals surface area contributed by atoms with Crippen LogP contribution in [0.25, 0.3) is 0 Å². The van der Waals surface area contributed by atoms with Crippen molar-refractivity contribution in [2.45, 2.75) is 31.6 Å². The summed E-state index contributed by atoms with van der Waals surface area (Å²) in [5.74, 6) is 0. The van der Waals surface area contributed by atoms with Gasteiger partial charge in [0.2, 0.25) is 0 Å². The summed E-state index contributed by atoms with van der Waals surface area (Å²) >= 11 is 3.47. The van der Waals surface area contributed by atoms with E-state index >= 15 is 0 Å². The number of benzene rings is 3. The number of hydroxylamine groups is 1. The lowest BCUT2D eigenvalue weighted by atomic mass is 9.94. The van der Waals surface area contributed by atoms with Crippen LogP contribution < -0.4 is 5.06 Å². The van der Waals surface area contributed by atoms with Crippen molar-refractivity contribution in [2.75, 3.05) is 11.7 Å². The van der Waals surface area contributed by atoms with Gasteiger partial charge in [0.05, 0.1) is 24.9 Å². The molecule has 1 heterocycles. The van der Waals surface area contributed by atoms with Crippen LogP contribution in [0.3, 0.4) is 0 Å². The van der Waals surface area contributed by atoms with Crippen LogP contribution in [0.5, 0.6) is 0 Å². The van der Waals surface area contributed by atoms with Gasteiger partial charge >= 0.3 is 0 Å². The smallest absolute Gasteiger partial charge is 0.119 e. The minimum Gasteiger partial charge on any atom is -0.374 e. The first-order chi connectivity index (χ1) is 13.6. The van der Waals surface area contributed by atoms with Crippen LogP contribution in [-0.2, 0) is 16.2 Å². The van der Waals surface area contributed by atoms with Gasteiger partial charge in [0.15, 0.2) is 0 Å². The molecule has 2 atom stereocenters. The van der Waals surface area contributed by atoms with Crippen molar-refractivity contribution in [1.82, 2.24) is 0 Å². The molecule has 28 heavy (non-hydrogen) atoms. The summed E-state index contributed by atoms with van der Waals surface area (Å²) < 4.78 is 7.12. The Morgan fingerprint density at radius 1 is 0.964 bits per heavy atom. The Balaban J connectivity index is 1.49. The van der Waals surface area contributed by atoms with Crippen LogP contribution >= 0.6 is 15.9 Å². The third kappa shape index (κ3) is 4.46. The highest BCUT2D eigenvalue weighted by Crippen LogP contribution is 2.43. The van der Waals surface area contributed by atoms with Crippen molar-refractivity contribution < 1.29 is 9.57 Å². The maximum Gasteiger partial charge on any atom is 0.119 e. The molecular formula is C24H24BrNO2. The van der Waals surface area contributed by atoms with Crippen LogP contribution in [0, 0.1) is 0 Å². The van der Waals surface area contributed by atoms with E-state index in [9.17, 15) is 0 Å². The first-order valence-electron chi connectivity index (χ1n) is 9.54. The molecule has 0 spiro atoms. The highest BCUT2D eigenvalue weighted by molar-refractivity contribution is 9.10. The van der Waals surface area contributed by atoms with E-state index in [4.69, 9.17) is 9.57 Å². The van der Waals surface area contributed by atoms with Crippen molar-refractivity contribution in [2.24, 2.45) is 0 Å². The van der Waals surface area contributed by atoms with Gasteiger partial charge in [-0.2, -0.15) is 0 Å². The van der Waals surface area contributed by atoms with E-state index in [0.717, 1.165) is 22.1 Å². The van der Waals surface area contributed by atoms with E-state index in [1.54, 1.807) is 0 Å². The molecule has 0 amide bonds. The van der Waals surface area contributed by atoms with Crippen LogP contribution in [0.2, 0.25) is 0 Å². The van der Waals surface area contributed by atoms with E-state index in [2.05, 4.69) is 71.4 Å². The van der Waals surface area contributed by atoms with Gasteiger partial charge < -0.3 is 4.74 Å². The number of ether oxygens (including phenoxy) is 1. The summed E-state index contributed by atoms with van der Waals surface area (Å²) in [6, 6.07) is 29.2. The Hall–Kier alpha value is -2.14. The number of hydrogen-bond acceptors (Lipinski definition) is 3. The quantitative estimate of drug-likeness (QED) is 0.450. The Bertz CT molecular complexity index is 836. The van der Waals surface area contributed by atoms with E-state index in [-0.39, 0.29) is 11.6 Å². The second-order valence-electron chi connectivity index (χ2n) is 7.45. The molecule has 0 bridgehead atoms. The third-order valence-electron chi connectivity index (χ3n) is 5.01. The largest absolute Gasteiger partial charge is 0.374 e. The highest BCUT2D eigenvalue weighted by atomic mass is 79.9. The fourth-order valence-corrected chi connectivity index (χ4v) is 3.88. The van der Waals surface area contributed by atoms with E-state index in [1.807, 2.05) is 41.5 Å². The van der Waals surface area contributed by atoms with Gasteiger partial charge in [-0.1, -0.05) is 76.6 Å². The molecule has 3 nitrogen and oxygen atoms in total. The molecule has 3 aromatic rings. The van der Waals surface area contributed by atoms with E-state index in [0.29, 0.717) is 13.2 Å². The van der Waals surface area contributed by atoms with Crippen molar-refractivity contribution in [3.05, 3.63) is 101 Å². The molecule has 3 aromatic carbocycles. The topological polar surface area (TPSA) is 21.7 Å². The summed E-state index contributed by atoms with van der Waals surface area (Å²) in [4.78, 5) is 6.46. The fraction of sp³-hybridized carbons (Fsp3) is 0.250. The van der Waals surface area contributed by atoms with Crippen molar-refractivity contribution in [3.63, 3.8) is 0 Å². The predicted molar refractivity (Wildman–Crippen MR) is 116 cm³/mol. The number of halogens is 1. The Kier molecular flexibility index (Phi) is 5.81. The van der Waals surface area contributed by atoms with Crippen LogP contribution in [-0.4, -0.2) is 12.2 Å². The number of rotatable bonds is 6. The monoisotopic (exact) mass is 437 g/mol. The van der Waals surface area contributed by atoms with E-state index in [1.165, 1.54) is 5.56 Å². The van der Waals surface area contributed by atoms with Gasteiger partial charge in [0.1, 0.15) is 5.60 Å². The SMILES string of the molecule is C[C@]1(COCc2ccc(Br)cc2)C[C@H](c2ccccc2)N(c2ccccc2)O1. The molecule has 0 radical (unpaired) electrons. The van der Waals surface area contributed by atoms with Gasteiger partial charge in [-0.3, -0.25) is 4.84 Å². The molecule has 0 N–H and O–H groups in total. The molecule has 0 unspecified atom stereocenters. The average molecular weight is 438 g/mol. The summed E-state index contributed by atoms with van der Waals surface area (Å²) in [6.07, 6.45) is 0.867. The Morgan fingerprint density at radius 3 is 2.29 bits per heavy atom. The molecule has 0 aromatic heterocycles. The lowest BCUT2D eigenvalue weighted by molar-refractivity contribution is -0.0661. The zero-order valence-electron chi connectivity index (χ0n) is 15.9. The average Bonchev–Trinajstić information content (AvgIpc) is 3.09. The minimum atomic E-state index is -0.383. The molecule has 4 heteroatoms. The molecule has 1 aliphatic heterocycles. The maximum absolute atomic E-state index is 6.46.